The van der Waals surface area contributed by atoms with Gasteiger partial charge < -0.3 is 0 Å². The van der Waals surface area contributed by atoms with Crippen LogP contribution in [0.3, 0.4) is 0 Å². The van der Waals surface area contributed by atoms with Gasteiger partial charge in [-0.15, -0.1) is 11.3 Å². The second kappa shape index (κ2) is 3.52. The minimum atomic E-state index is -0.320. The quantitative estimate of drug-likeness (QED) is 0.699. The molecule has 0 bridgehead atoms. The van der Waals surface area contributed by atoms with Crippen molar-refractivity contribution in [2.75, 3.05) is 4.90 Å². The number of aromatic nitrogens is 1. The zero-order valence-electron chi connectivity index (χ0n) is 9.35. The molecule has 2 heterocycles. The first-order chi connectivity index (χ1) is 7.39. The Morgan fingerprint density at radius 2 is 1.75 bits per heavy atom. The van der Waals surface area contributed by atoms with E-state index in [-0.39, 0.29) is 17.2 Å². The van der Waals surface area contributed by atoms with Crippen molar-refractivity contribution in [2.45, 2.75) is 26.2 Å². The van der Waals surface area contributed by atoms with Crippen LogP contribution in [0.1, 0.15) is 26.5 Å². The number of rotatable bonds is 1. The molecule has 0 saturated carbocycles. The number of carbonyl (C=O) groups excluding carboxylic acids is 2. The van der Waals surface area contributed by atoms with Crippen molar-refractivity contribution in [1.82, 2.24) is 4.98 Å². The third-order valence-corrected chi connectivity index (χ3v) is 3.09. The summed E-state index contributed by atoms with van der Waals surface area (Å²) < 4.78 is 0. The molecule has 84 valence electrons. The third kappa shape index (κ3) is 1.78. The van der Waals surface area contributed by atoms with Crippen LogP contribution in [0.2, 0.25) is 0 Å². The number of imide groups is 1. The van der Waals surface area contributed by atoms with Crippen LogP contribution in [0.5, 0.6) is 0 Å². The van der Waals surface area contributed by atoms with Crippen molar-refractivity contribution in [2.24, 2.45) is 0 Å². The van der Waals surface area contributed by atoms with Crippen molar-refractivity contribution < 1.29 is 9.59 Å². The second-order valence-electron chi connectivity index (χ2n) is 4.61. The first-order valence-corrected chi connectivity index (χ1v) is 5.80. The Morgan fingerprint density at radius 1 is 1.19 bits per heavy atom. The summed E-state index contributed by atoms with van der Waals surface area (Å²) in [6, 6.07) is 0. The summed E-state index contributed by atoms with van der Waals surface area (Å²) in [7, 11) is 0. The summed E-state index contributed by atoms with van der Waals surface area (Å²) in [5, 5.41) is 2.33. The number of hydrogen-bond donors (Lipinski definition) is 0. The molecular weight excluding hydrogens is 224 g/mol. The molecule has 0 radical (unpaired) electrons. The Hall–Kier alpha value is -1.49. The summed E-state index contributed by atoms with van der Waals surface area (Å²) >= 11 is 1.31. The van der Waals surface area contributed by atoms with E-state index in [0.717, 1.165) is 10.6 Å². The SMILES string of the molecule is CC(C)(C)c1csc(N2C(=O)C=CC2=O)n1. The summed E-state index contributed by atoms with van der Waals surface area (Å²) in [6.45, 7) is 6.12. The first kappa shape index (κ1) is 11.0. The fraction of sp³-hybridized carbons (Fsp3) is 0.364. The van der Waals surface area contributed by atoms with E-state index in [2.05, 4.69) is 4.98 Å². The minimum absolute atomic E-state index is 0.0754. The average molecular weight is 236 g/mol. The molecule has 1 aromatic heterocycles. The molecule has 0 aromatic carbocycles. The predicted molar refractivity (Wildman–Crippen MR) is 62.4 cm³/mol. The Kier molecular flexibility index (Phi) is 2.42. The van der Waals surface area contributed by atoms with Gasteiger partial charge in [-0.25, -0.2) is 9.88 Å². The van der Waals surface area contributed by atoms with E-state index >= 15 is 0 Å². The zero-order valence-corrected chi connectivity index (χ0v) is 10.2. The summed E-state index contributed by atoms with van der Waals surface area (Å²) in [6.07, 6.45) is 2.53. The van der Waals surface area contributed by atoms with Crippen LogP contribution in [0, 0.1) is 0 Å². The number of nitrogens with zero attached hydrogens (tertiary/aromatic N) is 2. The lowest BCUT2D eigenvalue weighted by molar-refractivity contribution is -0.119. The molecule has 5 heteroatoms. The summed E-state index contributed by atoms with van der Waals surface area (Å²) in [5.41, 5.74) is 0.813. The lowest BCUT2D eigenvalue weighted by Gasteiger charge is -2.15. The molecule has 4 nitrogen and oxygen atoms in total. The fourth-order valence-corrected chi connectivity index (χ4v) is 2.36. The van der Waals surface area contributed by atoms with Crippen LogP contribution in [0.25, 0.3) is 0 Å². The molecule has 0 saturated heterocycles. The van der Waals surface area contributed by atoms with Crippen LogP contribution in [0.4, 0.5) is 5.13 Å². The number of hydrogen-bond acceptors (Lipinski definition) is 4. The molecule has 0 aliphatic carbocycles. The molecule has 2 amide bonds. The lowest BCUT2D eigenvalue weighted by atomic mass is 9.93. The van der Waals surface area contributed by atoms with E-state index in [9.17, 15) is 9.59 Å². The maximum absolute atomic E-state index is 11.4. The van der Waals surface area contributed by atoms with Gasteiger partial charge in [0.15, 0.2) is 5.13 Å². The van der Waals surface area contributed by atoms with E-state index in [4.69, 9.17) is 0 Å². The Bertz CT molecular complexity index is 464. The Balaban J connectivity index is 2.33. The number of thiazole rings is 1. The molecule has 0 spiro atoms. The third-order valence-electron chi connectivity index (χ3n) is 2.26. The Morgan fingerprint density at radius 3 is 2.19 bits per heavy atom. The number of amides is 2. The van der Waals surface area contributed by atoms with Crippen molar-refractivity contribution in [1.29, 1.82) is 0 Å². The predicted octanol–water partition coefficient (Wildman–Crippen LogP) is 1.87. The standard InChI is InChI=1S/C11H12N2O2S/c1-11(2,3)7-6-16-10(12-7)13-8(14)4-5-9(13)15/h4-6H,1-3H3. The van der Waals surface area contributed by atoms with Crippen LogP contribution in [-0.2, 0) is 15.0 Å². The maximum atomic E-state index is 11.4. The van der Waals surface area contributed by atoms with Gasteiger partial charge in [-0.05, 0) is 0 Å². The number of anilines is 1. The van der Waals surface area contributed by atoms with Crippen LogP contribution >= 0.6 is 11.3 Å². The van der Waals surface area contributed by atoms with Crippen LogP contribution in [0.15, 0.2) is 17.5 Å². The van der Waals surface area contributed by atoms with E-state index in [1.54, 1.807) is 0 Å². The minimum Gasteiger partial charge on any atom is -0.269 e. The van der Waals surface area contributed by atoms with Gasteiger partial charge in [-0.2, -0.15) is 0 Å². The lowest BCUT2D eigenvalue weighted by Crippen LogP contribution is -2.29. The van der Waals surface area contributed by atoms with Gasteiger partial charge in [-0.3, -0.25) is 9.59 Å². The summed E-state index contributed by atoms with van der Waals surface area (Å²) in [5.74, 6) is -0.639. The van der Waals surface area contributed by atoms with E-state index in [1.807, 2.05) is 26.2 Å². The van der Waals surface area contributed by atoms with Gasteiger partial charge in [0.25, 0.3) is 11.8 Å². The topological polar surface area (TPSA) is 50.3 Å². The highest BCUT2D eigenvalue weighted by Gasteiger charge is 2.29. The highest BCUT2D eigenvalue weighted by Crippen LogP contribution is 2.29. The fourth-order valence-electron chi connectivity index (χ4n) is 1.30. The average Bonchev–Trinajstić information content (AvgIpc) is 2.72. The highest BCUT2D eigenvalue weighted by molar-refractivity contribution is 7.14. The second-order valence-corrected chi connectivity index (χ2v) is 5.45. The van der Waals surface area contributed by atoms with Gasteiger partial charge in [0.2, 0.25) is 0 Å². The van der Waals surface area contributed by atoms with Gasteiger partial charge in [-0.1, -0.05) is 20.8 Å². The van der Waals surface area contributed by atoms with Gasteiger partial charge >= 0.3 is 0 Å². The molecule has 0 fully saturated rings. The largest absolute Gasteiger partial charge is 0.269 e. The van der Waals surface area contributed by atoms with Crippen LogP contribution in [-0.4, -0.2) is 16.8 Å². The van der Waals surface area contributed by atoms with Gasteiger partial charge in [0.1, 0.15) is 0 Å². The monoisotopic (exact) mass is 236 g/mol. The van der Waals surface area contributed by atoms with Crippen molar-refractivity contribution in [3.05, 3.63) is 23.2 Å². The first-order valence-electron chi connectivity index (χ1n) is 4.92. The smallest absolute Gasteiger partial charge is 0.260 e. The van der Waals surface area contributed by atoms with Crippen molar-refractivity contribution in [3.63, 3.8) is 0 Å². The molecule has 1 aromatic rings. The number of carbonyl (C=O) groups is 2. The Labute approximate surface area is 97.6 Å². The molecule has 0 atom stereocenters. The van der Waals surface area contributed by atoms with Crippen molar-refractivity contribution in [3.8, 4) is 0 Å². The van der Waals surface area contributed by atoms with Gasteiger partial charge in [0.05, 0.1) is 5.69 Å². The molecule has 0 N–H and O–H groups in total. The van der Waals surface area contributed by atoms with E-state index in [0.29, 0.717) is 5.13 Å². The zero-order chi connectivity index (χ0) is 11.9. The molecule has 0 unspecified atom stereocenters. The molecular formula is C11H12N2O2S. The highest BCUT2D eigenvalue weighted by atomic mass is 32.1. The van der Waals surface area contributed by atoms with Gasteiger partial charge in [0, 0.05) is 22.9 Å². The van der Waals surface area contributed by atoms with E-state index < -0.39 is 0 Å². The molecule has 2 rings (SSSR count). The van der Waals surface area contributed by atoms with Crippen LogP contribution < -0.4 is 4.90 Å². The normalized spacial score (nSPS) is 16.3. The molecule has 1 aliphatic heterocycles. The molecule has 1 aliphatic rings. The summed E-state index contributed by atoms with van der Waals surface area (Å²) in [4.78, 5) is 28.3. The molecule has 16 heavy (non-hydrogen) atoms. The maximum Gasteiger partial charge on any atom is 0.260 e. The van der Waals surface area contributed by atoms with Crippen molar-refractivity contribution >= 4 is 28.3 Å². The van der Waals surface area contributed by atoms with E-state index in [1.165, 1.54) is 23.5 Å².